The fraction of sp³-hybridized carbons (Fsp3) is 0.154. The van der Waals surface area contributed by atoms with Crippen LogP contribution in [-0.4, -0.2) is 18.0 Å². The number of carbonyl (C=O) groups is 1. The summed E-state index contributed by atoms with van der Waals surface area (Å²) in [6.07, 6.45) is 4.56. The van der Waals surface area contributed by atoms with Crippen molar-refractivity contribution in [3.8, 4) is 5.75 Å². The lowest BCUT2D eigenvalue weighted by atomic mass is 10.2. The second-order valence-corrected chi connectivity index (χ2v) is 4.56. The number of aldehydes is 1. The summed E-state index contributed by atoms with van der Waals surface area (Å²) in [6, 6.07) is 7.73. The van der Waals surface area contributed by atoms with Crippen LogP contribution < -0.4 is 4.74 Å². The number of methoxy groups -OCH3 is 1. The van der Waals surface area contributed by atoms with E-state index in [1.807, 2.05) is 35.2 Å². The van der Waals surface area contributed by atoms with Crippen molar-refractivity contribution in [1.82, 2.24) is 4.57 Å². The highest BCUT2D eigenvalue weighted by molar-refractivity contribution is 9.10. The minimum atomic E-state index is 0.692. The Balaban J connectivity index is 2.18. The first kappa shape index (κ1) is 11.9. The summed E-state index contributed by atoms with van der Waals surface area (Å²) in [5.74, 6) is 0.815. The molecule has 0 amide bonds. The molecule has 4 heteroatoms. The van der Waals surface area contributed by atoms with Crippen molar-refractivity contribution in [1.29, 1.82) is 0 Å². The molecular formula is C13H12BrNO2. The smallest absolute Gasteiger partial charge is 0.151 e. The Labute approximate surface area is 108 Å². The molecule has 0 atom stereocenters. The zero-order chi connectivity index (χ0) is 12.3. The van der Waals surface area contributed by atoms with Gasteiger partial charge in [0, 0.05) is 24.5 Å². The van der Waals surface area contributed by atoms with Gasteiger partial charge in [-0.3, -0.25) is 4.79 Å². The summed E-state index contributed by atoms with van der Waals surface area (Å²) in [7, 11) is 1.64. The van der Waals surface area contributed by atoms with Crippen LogP contribution in [0.4, 0.5) is 0 Å². The van der Waals surface area contributed by atoms with Crippen molar-refractivity contribution in [2.45, 2.75) is 6.54 Å². The lowest BCUT2D eigenvalue weighted by molar-refractivity contribution is 0.112. The highest BCUT2D eigenvalue weighted by atomic mass is 79.9. The molecule has 0 unspecified atom stereocenters. The molecule has 2 rings (SSSR count). The number of carbonyl (C=O) groups excluding carboxylic acids is 1. The molecule has 0 radical (unpaired) electrons. The van der Waals surface area contributed by atoms with Gasteiger partial charge in [0.2, 0.25) is 0 Å². The Morgan fingerprint density at radius 3 is 2.82 bits per heavy atom. The third-order valence-electron chi connectivity index (χ3n) is 2.49. The van der Waals surface area contributed by atoms with Gasteiger partial charge in [0.15, 0.2) is 6.29 Å². The summed E-state index contributed by atoms with van der Waals surface area (Å²) < 4.78 is 8.07. The fourth-order valence-corrected chi connectivity index (χ4v) is 2.23. The van der Waals surface area contributed by atoms with Crippen molar-refractivity contribution in [3.63, 3.8) is 0 Å². The average molecular weight is 294 g/mol. The second kappa shape index (κ2) is 5.19. The van der Waals surface area contributed by atoms with Gasteiger partial charge in [-0.1, -0.05) is 6.07 Å². The number of aromatic nitrogens is 1. The molecule has 1 heterocycles. The maximum absolute atomic E-state index is 10.6. The molecule has 0 aliphatic heterocycles. The summed E-state index contributed by atoms with van der Waals surface area (Å²) in [6.45, 7) is 0.733. The maximum atomic E-state index is 10.6. The first-order valence-corrected chi connectivity index (χ1v) is 5.95. The topological polar surface area (TPSA) is 31.2 Å². The summed E-state index contributed by atoms with van der Waals surface area (Å²) in [4.78, 5) is 10.6. The number of rotatable bonds is 4. The number of hydrogen-bond donors (Lipinski definition) is 0. The largest absolute Gasteiger partial charge is 0.496 e. The molecule has 0 aliphatic rings. The van der Waals surface area contributed by atoms with Crippen LogP contribution in [-0.2, 0) is 6.54 Å². The molecule has 1 aromatic heterocycles. The highest BCUT2D eigenvalue weighted by Crippen LogP contribution is 2.25. The van der Waals surface area contributed by atoms with E-state index in [2.05, 4.69) is 15.9 Å². The van der Waals surface area contributed by atoms with Crippen LogP contribution in [0.2, 0.25) is 0 Å². The maximum Gasteiger partial charge on any atom is 0.151 e. The van der Waals surface area contributed by atoms with Gasteiger partial charge in [-0.2, -0.15) is 0 Å². The normalized spacial score (nSPS) is 10.2. The summed E-state index contributed by atoms with van der Waals surface area (Å²) in [5.41, 5.74) is 1.84. The van der Waals surface area contributed by atoms with E-state index in [0.717, 1.165) is 28.6 Å². The van der Waals surface area contributed by atoms with E-state index in [-0.39, 0.29) is 0 Å². The van der Waals surface area contributed by atoms with E-state index >= 15 is 0 Å². The van der Waals surface area contributed by atoms with Crippen LogP contribution in [0, 0.1) is 0 Å². The van der Waals surface area contributed by atoms with Crippen molar-refractivity contribution in [3.05, 3.63) is 52.3 Å². The van der Waals surface area contributed by atoms with Gasteiger partial charge in [0.1, 0.15) is 5.75 Å². The molecule has 0 spiro atoms. The van der Waals surface area contributed by atoms with Gasteiger partial charge >= 0.3 is 0 Å². The number of ether oxygens (including phenoxy) is 1. The predicted octanol–water partition coefficient (Wildman–Crippen LogP) is 3.12. The van der Waals surface area contributed by atoms with E-state index in [1.54, 1.807) is 13.2 Å². The molecule has 0 aliphatic carbocycles. The Bertz CT molecular complexity index is 534. The van der Waals surface area contributed by atoms with Crippen LogP contribution >= 0.6 is 15.9 Å². The Morgan fingerprint density at radius 1 is 1.41 bits per heavy atom. The quantitative estimate of drug-likeness (QED) is 0.811. The number of hydrogen-bond acceptors (Lipinski definition) is 2. The second-order valence-electron chi connectivity index (χ2n) is 3.70. The lowest BCUT2D eigenvalue weighted by Crippen LogP contribution is -1.97. The molecule has 0 bridgehead atoms. The molecule has 17 heavy (non-hydrogen) atoms. The van der Waals surface area contributed by atoms with E-state index in [1.165, 1.54) is 0 Å². The van der Waals surface area contributed by atoms with Crippen LogP contribution in [0.25, 0.3) is 0 Å². The van der Waals surface area contributed by atoms with Gasteiger partial charge in [0.05, 0.1) is 11.6 Å². The standard InChI is InChI=1S/C13H12BrNO2/c1-17-13-3-2-10(6-12(13)14)7-15-5-4-11(8-15)9-16/h2-6,8-9H,7H2,1H3. The fourth-order valence-electron chi connectivity index (χ4n) is 1.65. The average Bonchev–Trinajstić information content (AvgIpc) is 2.77. The van der Waals surface area contributed by atoms with Gasteiger partial charge in [0.25, 0.3) is 0 Å². The van der Waals surface area contributed by atoms with Crippen LogP contribution in [0.1, 0.15) is 15.9 Å². The molecule has 3 nitrogen and oxygen atoms in total. The number of halogens is 1. The van der Waals surface area contributed by atoms with Crippen molar-refractivity contribution in [2.24, 2.45) is 0 Å². The van der Waals surface area contributed by atoms with Crippen LogP contribution in [0.3, 0.4) is 0 Å². The number of nitrogens with zero attached hydrogens (tertiary/aromatic N) is 1. The molecule has 88 valence electrons. The zero-order valence-electron chi connectivity index (χ0n) is 9.39. The van der Waals surface area contributed by atoms with E-state index < -0.39 is 0 Å². The van der Waals surface area contributed by atoms with Crippen molar-refractivity contribution in [2.75, 3.05) is 7.11 Å². The molecule has 1 aromatic carbocycles. The zero-order valence-corrected chi connectivity index (χ0v) is 11.0. The van der Waals surface area contributed by atoms with E-state index in [4.69, 9.17) is 4.74 Å². The molecule has 0 N–H and O–H groups in total. The summed E-state index contributed by atoms with van der Waals surface area (Å²) >= 11 is 3.45. The van der Waals surface area contributed by atoms with Gasteiger partial charge in [-0.05, 0) is 39.7 Å². The van der Waals surface area contributed by atoms with Gasteiger partial charge in [-0.25, -0.2) is 0 Å². The third kappa shape index (κ3) is 2.77. The number of benzene rings is 1. The summed E-state index contributed by atoms with van der Waals surface area (Å²) in [5, 5.41) is 0. The third-order valence-corrected chi connectivity index (χ3v) is 3.11. The minimum absolute atomic E-state index is 0.692. The van der Waals surface area contributed by atoms with Gasteiger partial charge < -0.3 is 9.30 Å². The van der Waals surface area contributed by atoms with Gasteiger partial charge in [-0.15, -0.1) is 0 Å². The molecule has 0 saturated carbocycles. The Morgan fingerprint density at radius 2 is 2.24 bits per heavy atom. The highest BCUT2D eigenvalue weighted by Gasteiger charge is 2.02. The van der Waals surface area contributed by atoms with E-state index in [9.17, 15) is 4.79 Å². The Hall–Kier alpha value is -1.55. The first-order valence-electron chi connectivity index (χ1n) is 5.16. The lowest BCUT2D eigenvalue weighted by Gasteiger charge is -2.07. The predicted molar refractivity (Wildman–Crippen MR) is 69.6 cm³/mol. The van der Waals surface area contributed by atoms with Crippen molar-refractivity contribution < 1.29 is 9.53 Å². The van der Waals surface area contributed by atoms with E-state index in [0.29, 0.717) is 5.56 Å². The molecule has 0 fully saturated rings. The van der Waals surface area contributed by atoms with Crippen molar-refractivity contribution >= 4 is 22.2 Å². The monoisotopic (exact) mass is 293 g/mol. The SMILES string of the molecule is COc1ccc(Cn2ccc(C=O)c2)cc1Br. The first-order chi connectivity index (χ1) is 8.22. The molecule has 0 saturated heterocycles. The Kier molecular flexibility index (Phi) is 3.64. The minimum Gasteiger partial charge on any atom is -0.496 e. The van der Waals surface area contributed by atoms with Crippen LogP contribution in [0.15, 0.2) is 41.1 Å². The van der Waals surface area contributed by atoms with Crippen LogP contribution in [0.5, 0.6) is 5.75 Å². The molecular weight excluding hydrogens is 282 g/mol. The molecule has 2 aromatic rings.